The zero-order chi connectivity index (χ0) is 15.7. The Balaban J connectivity index is 1.63. The van der Waals surface area contributed by atoms with Gasteiger partial charge in [-0.1, -0.05) is 0 Å². The summed E-state index contributed by atoms with van der Waals surface area (Å²) in [7, 11) is 2.12. The molecule has 2 aliphatic heterocycles. The zero-order valence-corrected chi connectivity index (χ0v) is 12.8. The molecule has 120 valence electrons. The van der Waals surface area contributed by atoms with E-state index in [2.05, 4.69) is 17.0 Å². The van der Waals surface area contributed by atoms with E-state index in [9.17, 15) is 14.9 Å². The lowest BCUT2D eigenvalue weighted by molar-refractivity contribution is -0.385. The summed E-state index contributed by atoms with van der Waals surface area (Å²) >= 11 is 0. The van der Waals surface area contributed by atoms with Crippen LogP contribution in [0.3, 0.4) is 0 Å². The summed E-state index contributed by atoms with van der Waals surface area (Å²) in [5, 5.41) is 14.5. The minimum Gasteiger partial charge on any atom is -0.340 e. The molecule has 1 aromatic rings. The lowest BCUT2D eigenvalue weighted by Gasteiger charge is -2.40. The second kappa shape index (κ2) is 5.68. The average molecular weight is 307 g/mol. The van der Waals surface area contributed by atoms with Crippen molar-refractivity contribution >= 4 is 11.6 Å². The Morgan fingerprint density at radius 1 is 1.41 bits per heavy atom. The van der Waals surface area contributed by atoms with E-state index in [4.69, 9.17) is 0 Å². The van der Waals surface area contributed by atoms with Gasteiger partial charge in [-0.15, -0.1) is 0 Å². The zero-order valence-electron chi connectivity index (χ0n) is 12.8. The standard InChI is InChI=1S/C14H21N5O3/c1-16-6-4-14(10-16)3-2-5-17(11-14)13(20)9-18-8-12(7-15-18)19(21)22/h7-8H,2-6,9-11H2,1H3/t14-/m0/s1. The number of carbonyl (C=O) groups excluding carboxylic acids is 1. The van der Waals surface area contributed by atoms with Gasteiger partial charge in [0.15, 0.2) is 0 Å². The van der Waals surface area contributed by atoms with Gasteiger partial charge in [-0.2, -0.15) is 5.10 Å². The van der Waals surface area contributed by atoms with Crippen molar-refractivity contribution in [1.82, 2.24) is 19.6 Å². The molecule has 2 saturated heterocycles. The summed E-state index contributed by atoms with van der Waals surface area (Å²) in [6.45, 7) is 3.77. The van der Waals surface area contributed by atoms with Crippen LogP contribution in [0.25, 0.3) is 0 Å². The van der Waals surface area contributed by atoms with E-state index in [1.54, 1.807) is 0 Å². The summed E-state index contributed by atoms with van der Waals surface area (Å²) in [6, 6.07) is 0. The molecular weight excluding hydrogens is 286 g/mol. The summed E-state index contributed by atoms with van der Waals surface area (Å²) in [6.07, 6.45) is 5.82. The molecule has 1 atom stereocenters. The Morgan fingerprint density at radius 2 is 2.23 bits per heavy atom. The van der Waals surface area contributed by atoms with Gasteiger partial charge in [0.25, 0.3) is 0 Å². The van der Waals surface area contributed by atoms with Gasteiger partial charge in [-0.25, -0.2) is 0 Å². The van der Waals surface area contributed by atoms with Gasteiger partial charge in [0, 0.05) is 25.0 Å². The summed E-state index contributed by atoms with van der Waals surface area (Å²) in [5.41, 5.74) is 0.152. The average Bonchev–Trinajstić information content (AvgIpc) is 3.07. The third-order valence-corrected chi connectivity index (χ3v) is 4.77. The van der Waals surface area contributed by atoms with Gasteiger partial charge in [-0.3, -0.25) is 19.6 Å². The summed E-state index contributed by atoms with van der Waals surface area (Å²) in [5.74, 6) is -0.00775. The first kappa shape index (κ1) is 15.0. The van der Waals surface area contributed by atoms with Gasteiger partial charge in [0.05, 0.1) is 4.92 Å². The van der Waals surface area contributed by atoms with Crippen molar-refractivity contribution in [2.24, 2.45) is 5.41 Å². The Labute approximate surface area is 128 Å². The van der Waals surface area contributed by atoms with Crippen LogP contribution in [0.2, 0.25) is 0 Å². The smallest absolute Gasteiger partial charge is 0.307 e. The van der Waals surface area contributed by atoms with Gasteiger partial charge >= 0.3 is 5.69 Å². The second-order valence-corrected chi connectivity index (χ2v) is 6.56. The molecule has 22 heavy (non-hydrogen) atoms. The first-order chi connectivity index (χ1) is 10.5. The quantitative estimate of drug-likeness (QED) is 0.607. The molecule has 3 rings (SSSR count). The van der Waals surface area contributed by atoms with Crippen LogP contribution < -0.4 is 0 Å². The van der Waals surface area contributed by atoms with E-state index in [1.165, 1.54) is 23.5 Å². The summed E-state index contributed by atoms with van der Waals surface area (Å²) < 4.78 is 1.35. The fourth-order valence-corrected chi connectivity index (χ4v) is 3.68. The van der Waals surface area contributed by atoms with E-state index >= 15 is 0 Å². The maximum absolute atomic E-state index is 12.4. The predicted molar refractivity (Wildman–Crippen MR) is 79.2 cm³/mol. The topological polar surface area (TPSA) is 84.5 Å². The van der Waals surface area contributed by atoms with Crippen LogP contribution in [-0.4, -0.2) is 63.6 Å². The third-order valence-electron chi connectivity index (χ3n) is 4.77. The number of nitro groups is 1. The highest BCUT2D eigenvalue weighted by Crippen LogP contribution is 2.38. The third kappa shape index (κ3) is 2.96. The fraction of sp³-hybridized carbons (Fsp3) is 0.714. The van der Waals surface area contributed by atoms with E-state index in [0.29, 0.717) is 0 Å². The van der Waals surface area contributed by atoms with Gasteiger partial charge in [0.1, 0.15) is 18.9 Å². The molecule has 2 fully saturated rings. The van der Waals surface area contributed by atoms with E-state index in [0.717, 1.165) is 39.0 Å². The Bertz CT molecular complexity index is 583. The molecule has 3 heterocycles. The number of nitrogens with zero attached hydrogens (tertiary/aromatic N) is 5. The molecular formula is C14H21N5O3. The molecule has 8 nitrogen and oxygen atoms in total. The SMILES string of the molecule is CN1CC[C@@]2(CCCN(C(=O)Cn3cc([N+](=O)[O-])cn3)C2)C1. The highest BCUT2D eigenvalue weighted by atomic mass is 16.6. The number of piperidine rings is 1. The highest BCUT2D eigenvalue weighted by Gasteiger charge is 2.41. The van der Waals surface area contributed by atoms with Crippen LogP contribution in [0, 0.1) is 15.5 Å². The lowest BCUT2D eigenvalue weighted by atomic mass is 9.79. The maximum Gasteiger partial charge on any atom is 0.307 e. The monoisotopic (exact) mass is 307 g/mol. The molecule has 1 aromatic heterocycles. The van der Waals surface area contributed by atoms with Crippen molar-refractivity contribution in [3.05, 3.63) is 22.5 Å². The lowest BCUT2D eigenvalue weighted by Crippen LogP contribution is -2.48. The summed E-state index contributed by atoms with van der Waals surface area (Å²) in [4.78, 5) is 26.8. The van der Waals surface area contributed by atoms with Crippen molar-refractivity contribution in [2.45, 2.75) is 25.8 Å². The molecule has 1 amide bonds. The van der Waals surface area contributed by atoms with Crippen molar-refractivity contribution in [2.75, 3.05) is 33.2 Å². The van der Waals surface area contributed by atoms with Crippen molar-refractivity contribution in [1.29, 1.82) is 0 Å². The Kier molecular flexibility index (Phi) is 3.86. The van der Waals surface area contributed by atoms with Crippen molar-refractivity contribution < 1.29 is 9.72 Å². The molecule has 8 heteroatoms. The van der Waals surface area contributed by atoms with Gasteiger partial charge in [0.2, 0.25) is 5.91 Å². The number of hydrogen-bond donors (Lipinski definition) is 0. The van der Waals surface area contributed by atoms with Crippen LogP contribution >= 0.6 is 0 Å². The second-order valence-electron chi connectivity index (χ2n) is 6.56. The van der Waals surface area contributed by atoms with Crippen LogP contribution in [-0.2, 0) is 11.3 Å². The van der Waals surface area contributed by atoms with Crippen molar-refractivity contribution in [3.8, 4) is 0 Å². The number of likely N-dealkylation sites (tertiary alicyclic amines) is 2. The molecule has 0 aromatic carbocycles. The number of hydrogen-bond acceptors (Lipinski definition) is 5. The van der Waals surface area contributed by atoms with Crippen molar-refractivity contribution in [3.63, 3.8) is 0 Å². The van der Waals surface area contributed by atoms with Crippen LogP contribution in [0.4, 0.5) is 5.69 Å². The fourth-order valence-electron chi connectivity index (χ4n) is 3.68. The molecule has 0 unspecified atom stereocenters. The van der Waals surface area contributed by atoms with Crippen LogP contribution in [0.5, 0.6) is 0 Å². The first-order valence-electron chi connectivity index (χ1n) is 7.61. The Hall–Kier alpha value is -1.96. The normalized spacial score (nSPS) is 25.8. The van der Waals surface area contributed by atoms with Gasteiger partial charge < -0.3 is 9.80 Å². The minimum absolute atomic E-state index is 0.00775. The molecule has 0 aliphatic carbocycles. The van der Waals surface area contributed by atoms with Crippen LogP contribution in [0.15, 0.2) is 12.4 Å². The minimum atomic E-state index is -0.502. The van der Waals surface area contributed by atoms with Crippen LogP contribution in [0.1, 0.15) is 19.3 Å². The molecule has 0 bridgehead atoms. The maximum atomic E-state index is 12.4. The number of aromatic nitrogens is 2. The van der Waals surface area contributed by atoms with Gasteiger partial charge in [-0.05, 0) is 32.9 Å². The molecule has 0 radical (unpaired) electrons. The largest absolute Gasteiger partial charge is 0.340 e. The number of rotatable bonds is 3. The number of carbonyl (C=O) groups is 1. The molecule has 2 aliphatic rings. The Morgan fingerprint density at radius 3 is 2.86 bits per heavy atom. The highest BCUT2D eigenvalue weighted by molar-refractivity contribution is 5.76. The molecule has 1 spiro atoms. The molecule has 0 saturated carbocycles. The molecule has 0 N–H and O–H groups in total. The number of amides is 1. The van der Waals surface area contributed by atoms with E-state index < -0.39 is 4.92 Å². The van der Waals surface area contributed by atoms with E-state index in [-0.39, 0.29) is 23.6 Å². The van der Waals surface area contributed by atoms with E-state index in [1.807, 2.05) is 4.90 Å². The predicted octanol–water partition coefficient (Wildman–Crippen LogP) is 0.736. The first-order valence-corrected chi connectivity index (χ1v) is 7.61.